The van der Waals surface area contributed by atoms with E-state index in [1.165, 1.54) is 0 Å². The molecular weight excluding hydrogens is 114 g/mol. The van der Waals surface area contributed by atoms with E-state index >= 15 is 0 Å². The van der Waals surface area contributed by atoms with Crippen LogP contribution in [0.15, 0.2) is 12.8 Å². The molecule has 0 amide bonds. The lowest BCUT2D eigenvalue weighted by molar-refractivity contribution is 0.102. The van der Waals surface area contributed by atoms with Crippen LogP contribution in [0.4, 0.5) is 0 Å². The number of methoxy groups -OCH3 is 1. The van der Waals surface area contributed by atoms with Crippen LogP contribution in [0.2, 0.25) is 0 Å². The zero-order valence-electron chi connectivity index (χ0n) is 6.77. The molecule has 1 atom stereocenters. The van der Waals surface area contributed by atoms with Crippen molar-refractivity contribution in [3.05, 3.63) is 12.8 Å². The minimum atomic E-state index is 0.0810. The predicted octanol–water partition coefficient (Wildman–Crippen LogP) is 1.74. The first kappa shape index (κ1) is 11.3. The molecule has 1 N–H and O–H groups in total. The van der Waals surface area contributed by atoms with E-state index in [1.54, 1.807) is 13.3 Å². The van der Waals surface area contributed by atoms with E-state index in [0.29, 0.717) is 0 Å². The van der Waals surface area contributed by atoms with Gasteiger partial charge in [0.2, 0.25) is 0 Å². The van der Waals surface area contributed by atoms with Gasteiger partial charge in [0.1, 0.15) is 6.23 Å². The number of hydrogen-bond donors (Lipinski definition) is 1. The van der Waals surface area contributed by atoms with Crippen LogP contribution in [-0.2, 0) is 4.74 Å². The Balaban J connectivity index is 0. The maximum atomic E-state index is 4.81. The molecule has 0 aromatic heterocycles. The van der Waals surface area contributed by atoms with Gasteiger partial charge in [0.25, 0.3) is 0 Å². The fourth-order valence-corrected chi connectivity index (χ4v) is 0.234. The van der Waals surface area contributed by atoms with Crippen LogP contribution in [-0.4, -0.2) is 13.3 Å². The Hall–Kier alpha value is -0.500. The van der Waals surface area contributed by atoms with Crippen molar-refractivity contribution >= 4 is 0 Å². The normalized spacial score (nSPS) is 10.7. The Kier molecular flexibility index (Phi) is 13.2. The Bertz CT molecular complexity index is 54.9. The molecule has 0 aliphatic rings. The lowest BCUT2D eigenvalue weighted by Crippen LogP contribution is -2.21. The lowest BCUT2D eigenvalue weighted by Gasteiger charge is -2.06. The van der Waals surface area contributed by atoms with Gasteiger partial charge in [-0.15, -0.1) is 0 Å². The molecule has 0 saturated heterocycles. The van der Waals surface area contributed by atoms with Crippen molar-refractivity contribution < 1.29 is 4.74 Å². The maximum Gasteiger partial charge on any atom is 0.123 e. The van der Waals surface area contributed by atoms with Crippen LogP contribution in [0.3, 0.4) is 0 Å². The van der Waals surface area contributed by atoms with Crippen molar-refractivity contribution in [2.45, 2.75) is 27.0 Å². The average molecular weight is 131 g/mol. The average Bonchev–Trinajstić information content (AvgIpc) is 1.93. The fourth-order valence-electron chi connectivity index (χ4n) is 0.234. The standard InChI is InChI=1S/C5H11NO.C2H6/c1-4-6-5(2)7-3;1-2/h4-6H,1H2,2-3H3;1-2H3. The van der Waals surface area contributed by atoms with Crippen molar-refractivity contribution in [2.24, 2.45) is 0 Å². The minimum Gasteiger partial charge on any atom is -0.367 e. The topological polar surface area (TPSA) is 21.3 Å². The summed E-state index contributed by atoms with van der Waals surface area (Å²) in [4.78, 5) is 0. The molecule has 0 radical (unpaired) electrons. The smallest absolute Gasteiger partial charge is 0.123 e. The van der Waals surface area contributed by atoms with Crippen LogP contribution in [0, 0.1) is 0 Å². The van der Waals surface area contributed by atoms with E-state index in [-0.39, 0.29) is 6.23 Å². The molecular formula is C7H17NO. The molecule has 9 heavy (non-hydrogen) atoms. The summed E-state index contributed by atoms with van der Waals surface area (Å²) in [6.07, 6.45) is 1.69. The summed E-state index contributed by atoms with van der Waals surface area (Å²) >= 11 is 0. The van der Waals surface area contributed by atoms with Crippen molar-refractivity contribution in [2.75, 3.05) is 7.11 Å². The third-order valence-electron chi connectivity index (χ3n) is 0.706. The highest BCUT2D eigenvalue weighted by Crippen LogP contribution is 1.76. The Morgan fingerprint density at radius 2 is 2.00 bits per heavy atom. The van der Waals surface area contributed by atoms with Crippen molar-refractivity contribution in [1.29, 1.82) is 0 Å². The number of nitrogens with one attached hydrogen (secondary N) is 1. The lowest BCUT2D eigenvalue weighted by atomic mass is 10.6. The Labute approximate surface area is 57.9 Å². The molecule has 0 saturated carbocycles. The van der Waals surface area contributed by atoms with Gasteiger partial charge in [0.05, 0.1) is 0 Å². The molecule has 2 heteroatoms. The zero-order chi connectivity index (χ0) is 7.70. The second-order valence-corrected chi connectivity index (χ2v) is 1.25. The molecule has 0 aliphatic carbocycles. The van der Waals surface area contributed by atoms with Crippen LogP contribution in [0.25, 0.3) is 0 Å². The first-order valence-electron chi connectivity index (χ1n) is 3.21. The Morgan fingerprint density at radius 3 is 2.11 bits per heavy atom. The summed E-state index contributed by atoms with van der Waals surface area (Å²) in [7, 11) is 1.64. The highest BCUT2D eigenvalue weighted by atomic mass is 16.5. The molecule has 2 nitrogen and oxygen atoms in total. The van der Waals surface area contributed by atoms with Gasteiger partial charge in [0, 0.05) is 7.11 Å². The quantitative estimate of drug-likeness (QED) is 0.589. The Morgan fingerprint density at radius 1 is 1.56 bits per heavy atom. The summed E-state index contributed by atoms with van der Waals surface area (Å²) in [5.74, 6) is 0. The molecule has 0 rings (SSSR count). The van der Waals surface area contributed by atoms with Gasteiger partial charge in [-0.05, 0) is 13.1 Å². The van der Waals surface area contributed by atoms with Crippen LogP contribution in [0.1, 0.15) is 20.8 Å². The molecule has 0 heterocycles. The van der Waals surface area contributed by atoms with Gasteiger partial charge in [-0.2, -0.15) is 0 Å². The fraction of sp³-hybridized carbons (Fsp3) is 0.714. The van der Waals surface area contributed by atoms with Crippen molar-refractivity contribution in [3.8, 4) is 0 Å². The first-order valence-corrected chi connectivity index (χ1v) is 3.21. The molecule has 56 valence electrons. The molecule has 0 aliphatic heterocycles. The summed E-state index contributed by atoms with van der Waals surface area (Å²) in [6.45, 7) is 9.36. The second kappa shape index (κ2) is 10.5. The van der Waals surface area contributed by atoms with Gasteiger partial charge in [0.15, 0.2) is 0 Å². The minimum absolute atomic E-state index is 0.0810. The van der Waals surface area contributed by atoms with Crippen molar-refractivity contribution in [3.63, 3.8) is 0 Å². The summed E-state index contributed by atoms with van der Waals surface area (Å²) in [6, 6.07) is 0. The van der Waals surface area contributed by atoms with Crippen LogP contribution in [0.5, 0.6) is 0 Å². The SMILES string of the molecule is C=CNC(C)OC.CC. The van der Waals surface area contributed by atoms with Gasteiger partial charge in [-0.1, -0.05) is 20.4 Å². The third kappa shape index (κ3) is 11.2. The van der Waals surface area contributed by atoms with Gasteiger partial charge < -0.3 is 10.1 Å². The van der Waals surface area contributed by atoms with Gasteiger partial charge in [-0.3, -0.25) is 0 Å². The number of rotatable bonds is 3. The zero-order valence-corrected chi connectivity index (χ0v) is 6.77. The highest BCUT2D eigenvalue weighted by molar-refractivity contribution is 4.62. The largest absolute Gasteiger partial charge is 0.367 e. The van der Waals surface area contributed by atoms with E-state index in [4.69, 9.17) is 4.74 Å². The summed E-state index contributed by atoms with van der Waals surface area (Å²) < 4.78 is 4.81. The summed E-state index contributed by atoms with van der Waals surface area (Å²) in [5.41, 5.74) is 0. The number of ether oxygens (including phenoxy) is 1. The van der Waals surface area contributed by atoms with Gasteiger partial charge in [-0.25, -0.2) is 0 Å². The van der Waals surface area contributed by atoms with Crippen LogP contribution < -0.4 is 5.32 Å². The maximum absolute atomic E-state index is 4.81. The summed E-state index contributed by atoms with van der Waals surface area (Å²) in [5, 5.41) is 2.84. The molecule has 0 spiro atoms. The molecule has 0 aromatic rings. The van der Waals surface area contributed by atoms with Gasteiger partial charge >= 0.3 is 0 Å². The third-order valence-corrected chi connectivity index (χ3v) is 0.706. The van der Waals surface area contributed by atoms with E-state index in [2.05, 4.69) is 11.9 Å². The van der Waals surface area contributed by atoms with E-state index in [1.807, 2.05) is 20.8 Å². The molecule has 0 aromatic carbocycles. The van der Waals surface area contributed by atoms with Crippen molar-refractivity contribution in [1.82, 2.24) is 5.32 Å². The molecule has 0 fully saturated rings. The monoisotopic (exact) mass is 131 g/mol. The highest BCUT2D eigenvalue weighted by Gasteiger charge is 1.87. The second-order valence-electron chi connectivity index (χ2n) is 1.25. The van der Waals surface area contributed by atoms with Crippen LogP contribution >= 0.6 is 0 Å². The number of hydrogen-bond acceptors (Lipinski definition) is 2. The van der Waals surface area contributed by atoms with E-state index in [9.17, 15) is 0 Å². The predicted molar refractivity (Wildman–Crippen MR) is 41.2 cm³/mol. The first-order chi connectivity index (χ1) is 4.31. The van der Waals surface area contributed by atoms with E-state index in [0.717, 1.165) is 0 Å². The molecule has 0 bridgehead atoms. The molecule has 1 unspecified atom stereocenters. The van der Waals surface area contributed by atoms with E-state index < -0.39 is 0 Å².